The number of benzene rings is 2. The van der Waals surface area contributed by atoms with Crippen molar-refractivity contribution >= 4 is 23.2 Å². The molecule has 0 saturated carbocycles. The van der Waals surface area contributed by atoms with Crippen LogP contribution in [0.4, 0.5) is 24.5 Å². The number of nitrogens with one attached hydrogen (secondary N) is 2. The van der Waals surface area contributed by atoms with Gasteiger partial charge in [-0.05, 0) is 38.2 Å². The van der Waals surface area contributed by atoms with Gasteiger partial charge in [-0.15, -0.1) is 0 Å². The van der Waals surface area contributed by atoms with E-state index >= 15 is 0 Å². The maximum absolute atomic E-state index is 13.0. The Labute approximate surface area is 166 Å². The number of carbonyl (C=O) groups is 2. The monoisotopic (exact) mass is 409 g/mol. The Hall–Kier alpha value is -3.07. The Kier molecular flexibility index (Phi) is 7.60. The van der Waals surface area contributed by atoms with E-state index in [2.05, 4.69) is 10.6 Å². The van der Waals surface area contributed by atoms with Gasteiger partial charge < -0.3 is 15.4 Å². The topological polar surface area (TPSA) is 70.7 Å². The third-order valence-corrected chi connectivity index (χ3v) is 3.79. The van der Waals surface area contributed by atoms with Crippen molar-refractivity contribution in [2.45, 2.75) is 13.1 Å². The summed E-state index contributed by atoms with van der Waals surface area (Å²) >= 11 is 0. The molecule has 0 fully saturated rings. The molecule has 0 unspecified atom stereocenters. The number of anilines is 2. The van der Waals surface area contributed by atoms with E-state index in [1.807, 2.05) is 6.92 Å². The molecule has 2 rings (SSSR count). The van der Waals surface area contributed by atoms with E-state index in [4.69, 9.17) is 4.74 Å². The minimum absolute atomic E-state index is 0.130. The number of alkyl halides is 3. The van der Waals surface area contributed by atoms with Gasteiger partial charge in [0, 0.05) is 0 Å². The zero-order chi connectivity index (χ0) is 21.4. The quantitative estimate of drug-likeness (QED) is 0.699. The number of nitrogens with zero attached hydrogens (tertiary/aromatic N) is 1. The molecular weight excluding hydrogens is 387 g/mol. The van der Waals surface area contributed by atoms with Crippen LogP contribution in [-0.2, 0) is 15.8 Å². The summed E-state index contributed by atoms with van der Waals surface area (Å²) in [5.41, 5.74) is -0.758. The van der Waals surface area contributed by atoms with Crippen molar-refractivity contribution in [1.82, 2.24) is 4.90 Å². The summed E-state index contributed by atoms with van der Waals surface area (Å²) in [6, 6.07) is 11.6. The van der Waals surface area contributed by atoms with E-state index < -0.39 is 17.6 Å². The average molecular weight is 409 g/mol. The smallest absolute Gasteiger partial charge is 0.418 e. The first-order valence-electron chi connectivity index (χ1n) is 8.87. The molecule has 0 aliphatic rings. The average Bonchev–Trinajstić information content (AvgIpc) is 2.62. The lowest BCUT2D eigenvalue weighted by molar-refractivity contribution is -0.137. The molecule has 0 aliphatic carbocycles. The first-order valence-corrected chi connectivity index (χ1v) is 8.87. The highest BCUT2D eigenvalue weighted by molar-refractivity contribution is 5.95. The second-order valence-electron chi connectivity index (χ2n) is 6.24. The van der Waals surface area contributed by atoms with Crippen molar-refractivity contribution in [2.24, 2.45) is 0 Å². The molecular formula is C20H22F3N3O3. The summed E-state index contributed by atoms with van der Waals surface area (Å²) in [6.07, 6.45) is -4.58. The highest BCUT2D eigenvalue weighted by Crippen LogP contribution is 2.34. The lowest BCUT2D eigenvalue weighted by atomic mass is 10.1. The first-order chi connectivity index (χ1) is 13.7. The van der Waals surface area contributed by atoms with Crippen LogP contribution >= 0.6 is 0 Å². The second kappa shape index (κ2) is 9.92. The molecule has 2 amide bonds. The largest absolute Gasteiger partial charge is 0.492 e. The van der Waals surface area contributed by atoms with Crippen LogP contribution in [0.5, 0.6) is 5.75 Å². The van der Waals surface area contributed by atoms with Crippen molar-refractivity contribution < 1.29 is 27.5 Å². The Morgan fingerprint density at radius 2 is 1.45 bits per heavy atom. The van der Waals surface area contributed by atoms with Crippen molar-refractivity contribution in [3.63, 3.8) is 0 Å². The normalized spacial score (nSPS) is 11.2. The molecule has 0 heterocycles. The fourth-order valence-corrected chi connectivity index (χ4v) is 2.62. The van der Waals surface area contributed by atoms with Crippen LogP contribution in [-0.4, -0.2) is 43.5 Å². The van der Waals surface area contributed by atoms with Gasteiger partial charge in [0.15, 0.2) is 0 Å². The lowest BCUT2D eigenvalue weighted by Gasteiger charge is -2.18. The number of hydrogen-bond acceptors (Lipinski definition) is 4. The van der Waals surface area contributed by atoms with Gasteiger partial charge in [0.2, 0.25) is 11.8 Å². The minimum Gasteiger partial charge on any atom is -0.492 e. The summed E-state index contributed by atoms with van der Waals surface area (Å²) in [6.45, 7) is 1.87. The number of hydrogen-bond donors (Lipinski definition) is 2. The summed E-state index contributed by atoms with van der Waals surface area (Å²) in [5.74, 6) is -0.526. The number of carbonyl (C=O) groups excluding carboxylic acids is 2. The summed E-state index contributed by atoms with van der Waals surface area (Å²) < 4.78 is 44.4. The van der Waals surface area contributed by atoms with Gasteiger partial charge in [-0.25, -0.2) is 0 Å². The molecule has 2 aromatic carbocycles. The first kappa shape index (κ1) is 22.2. The number of amides is 2. The minimum atomic E-state index is -4.58. The molecule has 6 nitrogen and oxygen atoms in total. The van der Waals surface area contributed by atoms with E-state index in [1.165, 1.54) is 30.1 Å². The molecule has 156 valence electrons. The molecule has 0 atom stereocenters. The molecule has 9 heteroatoms. The molecule has 2 N–H and O–H groups in total. The van der Waals surface area contributed by atoms with Crippen LogP contribution < -0.4 is 15.4 Å². The SMILES string of the molecule is CCOc1ccccc1NC(=O)CN(C)CC(=O)Nc1ccccc1C(F)(F)F. The Balaban J connectivity index is 1.92. The third-order valence-electron chi connectivity index (χ3n) is 3.79. The Morgan fingerprint density at radius 1 is 0.931 bits per heavy atom. The van der Waals surface area contributed by atoms with Crippen LogP contribution in [0.3, 0.4) is 0 Å². The molecule has 0 saturated heterocycles. The highest BCUT2D eigenvalue weighted by atomic mass is 19.4. The van der Waals surface area contributed by atoms with Crippen LogP contribution in [0.25, 0.3) is 0 Å². The summed E-state index contributed by atoms with van der Waals surface area (Å²) in [5, 5.41) is 4.94. The predicted octanol–water partition coefficient (Wildman–Crippen LogP) is 3.61. The van der Waals surface area contributed by atoms with Crippen LogP contribution in [0.15, 0.2) is 48.5 Å². The fourth-order valence-electron chi connectivity index (χ4n) is 2.62. The van der Waals surface area contributed by atoms with Crippen molar-refractivity contribution in [3.8, 4) is 5.75 Å². The van der Waals surface area contributed by atoms with Gasteiger partial charge in [-0.3, -0.25) is 14.5 Å². The van der Waals surface area contributed by atoms with Crippen LogP contribution in [0.2, 0.25) is 0 Å². The summed E-state index contributed by atoms with van der Waals surface area (Å²) in [7, 11) is 1.52. The molecule has 0 spiro atoms. The predicted molar refractivity (Wildman–Crippen MR) is 104 cm³/mol. The van der Waals surface area contributed by atoms with E-state index in [1.54, 1.807) is 24.3 Å². The fraction of sp³-hybridized carbons (Fsp3) is 0.300. The van der Waals surface area contributed by atoms with E-state index in [0.717, 1.165) is 6.07 Å². The Morgan fingerprint density at radius 3 is 2.03 bits per heavy atom. The van der Waals surface area contributed by atoms with Gasteiger partial charge in [0.05, 0.1) is 36.6 Å². The van der Waals surface area contributed by atoms with E-state index in [0.29, 0.717) is 18.0 Å². The molecule has 0 aliphatic heterocycles. The molecule has 0 radical (unpaired) electrons. The molecule has 29 heavy (non-hydrogen) atoms. The van der Waals surface area contributed by atoms with Crippen molar-refractivity contribution in [2.75, 3.05) is 37.4 Å². The zero-order valence-electron chi connectivity index (χ0n) is 16.0. The highest BCUT2D eigenvalue weighted by Gasteiger charge is 2.33. The zero-order valence-corrected chi connectivity index (χ0v) is 16.0. The third kappa shape index (κ3) is 6.79. The summed E-state index contributed by atoms with van der Waals surface area (Å²) in [4.78, 5) is 25.7. The standard InChI is InChI=1S/C20H22F3N3O3/c1-3-29-17-11-7-6-10-16(17)25-19(28)13-26(2)12-18(27)24-15-9-5-4-8-14(15)20(21,22)23/h4-11H,3,12-13H2,1-2H3,(H,24,27)(H,25,28). The second-order valence-corrected chi connectivity index (χ2v) is 6.24. The number of halogens is 3. The van der Waals surface area contributed by atoms with Crippen LogP contribution in [0.1, 0.15) is 12.5 Å². The van der Waals surface area contributed by atoms with Gasteiger partial charge in [0.25, 0.3) is 0 Å². The van der Waals surface area contributed by atoms with Crippen molar-refractivity contribution in [1.29, 1.82) is 0 Å². The maximum atomic E-state index is 13.0. The van der Waals surface area contributed by atoms with Crippen LogP contribution in [0, 0.1) is 0 Å². The van der Waals surface area contributed by atoms with Gasteiger partial charge in [-0.2, -0.15) is 13.2 Å². The number of likely N-dealkylation sites (N-methyl/N-ethyl adjacent to an activating group) is 1. The number of rotatable bonds is 8. The molecule has 0 aromatic heterocycles. The van der Waals surface area contributed by atoms with Gasteiger partial charge in [0.1, 0.15) is 5.75 Å². The van der Waals surface area contributed by atoms with Gasteiger partial charge >= 0.3 is 6.18 Å². The Bertz CT molecular complexity index is 856. The molecule has 0 bridgehead atoms. The van der Waals surface area contributed by atoms with Crippen molar-refractivity contribution in [3.05, 3.63) is 54.1 Å². The number of ether oxygens (including phenoxy) is 1. The number of para-hydroxylation sites is 3. The van der Waals surface area contributed by atoms with E-state index in [-0.39, 0.29) is 24.7 Å². The van der Waals surface area contributed by atoms with Gasteiger partial charge in [-0.1, -0.05) is 24.3 Å². The van der Waals surface area contributed by atoms with E-state index in [9.17, 15) is 22.8 Å². The molecule has 2 aromatic rings. The maximum Gasteiger partial charge on any atom is 0.418 e. The lowest BCUT2D eigenvalue weighted by Crippen LogP contribution is -2.36.